The lowest BCUT2D eigenvalue weighted by atomic mass is 9.96. The van der Waals surface area contributed by atoms with Gasteiger partial charge in [-0.1, -0.05) is 40.9 Å². The quantitative estimate of drug-likeness (QED) is 0.739. The summed E-state index contributed by atoms with van der Waals surface area (Å²) in [5, 5.41) is 4.95. The van der Waals surface area contributed by atoms with Crippen LogP contribution in [-0.2, 0) is 11.3 Å². The minimum Gasteiger partial charge on any atom is -0.326 e. The number of halogens is 3. The van der Waals surface area contributed by atoms with Gasteiger partial charge in [0.05, 0.1) is 5.92 Å². The molecule has 2 aromatic rings. The van der Waals surface area contributed by atoms with Crippen molar-refractivity contribution < 1.29 is 4.79 Å². The van der Waals surface area contributed by atoms with Gasteiger partial charge >= 0.3 is 0 Å². The van der Waals surface area contributed by atoms with E-state index < -0.39 is 0 Å². The van der Waals surface area contributed by atoms with Gasteiger partial charge in [-0.3, -0.25) is 9.69 Å². The molecule has 0 bridgehead atoms. The number of nitrogens with one attached hydrogen (secondary N) is 1. The Balaban J connectivity index is 1.62. The highest BCUT2D eigenvalue weighted by molar-refractivity contribution is 6.36. The van der Waals surface area contributed by atoms with Gasteiger partial charge in [-0.25, -0.2) is 0 Å². The number of nitrogens with zero attached hydrogens (tertiary/aromatic N) is 1. The average molecular weight is 398 g/mol. The van der Waals surface area contributed by atoms with Crippen LogP contribution in [0.5, 0.6) is 0 Å². The van der Waals surface area contributed by atoms with E-state index >= 15 is 0 Å². The van der Waals surface area contributed by atoms with Crippen molar-refractivity contribution in [3.05, 3.63) is 63.1 Å². The fraction of sp³-hybridized carbons (Fsp3) is 0.316. The smallest absolute Gasteiger partial charge is 0.228 e. The van der Waals surface area contributed by atoms with Crippen molar-refractivity contribution in [2.24, 2.45) is 5.92 Å². The first-order chi connectivity index (χ1) is 12.0. The molecule has 1 heterocycles. The summed E-state index contributed by atoms with van der Waals surface area (Å²) in [5.41, 5.74) is 1.69. The maximum Gasteiger partial charge on any atom is 0.228 e. The van der Waals surface area contributed by atoms with Gasteiger partial charge in [0, 0.05) is 39.4 Å². The number of hydrogen-bond donors (Lipinski definition) is 1. The highest BCUT2D eigenvalue weighted by Gasteiger charge is 2.26. The topological polar surface area (TPSA) is 32.3 Å². The molecular weight excluding hydrogens is 379 g/mol. The second kappa shape index (κ2) is 8.41. The van der Waals surface area contributed by atoms with Crippen LogP contribution >= 0.6 is 34.8 Å². The van der Waals surface area contributed by atoms with Crippen molar-refractivity contribution in [3.63, 3.8) is 0 Å². The summed E-state index contributed by atoms with van der Waals surface area (Å²) in [7, 11) is 0. The number of amides is 1. The molecule has 1 fully saturated rings. The third-order valence-electron chi connectivity index (χ3n) is 4.43. The molecule has 1 aliphatic heterocycles. The third kappa shape index (κ3) is 4.89. The van der Waals surface area contributed by atoms with Crippen LogP contribution < -0.4 is 5.32 Å². The van der Waals surface area contributed by atoms with Gasteiger partial charge < -0.3 is 5.32 Å². The Morgan fingerprint density at radius 1 is 1.08 bits per heavy atom. The molecule has 1 N–H and O–H groups in total. The van der Waals surface area contributed by atoms with E-state index in [4.69, 9.17) is 34.8 Å². The first-order valence-corrected chi connectivity index (χ1v) is 9.38. The van der Waals surface area contributed by atoms with Crippen LogP contribution in [0.25, 0.3) is 0 Å². The summed E-state index contributed by atoms with van der Waals surface area (Å²) in [6.07, 6.45) is 1.85. The standard InChI is InChI=1S/C19H19Cl3N2O/c20-14-6-8-15(9-7-14)23-19(25)13-3-2-10-24(11-13)12-16-17(21)4-1-5-18(16)22/h1,4-9,13H,2-3,10-12H2,(H,23,25)/t13-/m0/s1. The van der Waals surface area contributed by atoms with E-state index in [1.165, 1.54) is 0 Å². The van der Waals surface area contributed by atoms with Gasteiger partial charge in [0.15, 0.2) is 0 Å². The summed E-state index contributed by atoms with van der Waals surface area (Å²) < 4.78 is 0. The zero-order valence-corrected chi connectivity index (χ0v) is 15.9. The van der Waals surface area contributed by atoms with Crippen molar-refractivity contribution in [2.45, 2.75) is 19.4 Å². The molecule has 1 amide bonds. The molecule has 3 rings (SSSR count). The minimum atomic E-state index is -0.0503. The zero-order chi connectivity index (χ0) is 17.8. The van der Waals surface area contributed by atoms with Crippen LogP contribution in [0.15, 0.2) is 42.5 Å². The molecule has 3 nitrogen and oxygen atoms in total. The molecule has 25 heavy (non-hydrogen) atoms. The molecule has 6 heteroatoms. The normalized spacial score (nSPS) is 18.1. The molecule has 0 aromatic heterocycles. The first kappa shape index (κ1) is 18.5. The fourth-order valence-corrected chi connectivity index (χ4v) is 3.74. The number of benzene rings is 2. The molecule has 132 valence electrons. The van der Waals surface area contributed by atoms with Gasteiger partial charge in [0.1, 0.15) is 0 Å². The zero-order valence-electron chi connectivity index (χ0n) is 13.6. The van der Waals surface area contributed by atoms with Crippen LogP contribution in [0.4, 0.5) is 5.69 Å². The molecule has 1 atom stereocenters. The Labute approximate surface area is 162 Å². The van der Waals surface area contributed by atoms with Crippen molar-refractivity contribution in [1.29, 1.82) is 0 Å². The monoisotopic (exact) mass is 396 g/mol. The van der Waals surface area contributed by atoms with Crippen LogP contribution in [0.2, 0.25) is 15.1 Å². The van der Waals surface area contributed by atoms with E-state index in [1.54, 1.807) is 12.1 Å². The SMILES string of the molecule is O=C(Nc1ccc(Cl)cc1)[C@H]1CCCN(Cc2c(Cl)cccc2Cl)C1. The highest BCUT2D eigenvalue weighted by atomic mass is 35.5. The van der Waals surface area contributed by atoms with Crippen molar-refractivity contribution >= 4 is 46.4 Å². The average Bonchev–Trinajstić information content (AvgIpc) is 2.60. The predicted molar refractivity (Wildman–Crippen MR) is 105 cm³/mol. The second-order valence-corrected chi connectivity index (χ2v) is 7.52. The lowest BCUT2D eigenvalue weighted by Gasteiger charge is -2.32. The van der Waals surface area contributed by atoms with E-state index in [9.17, 15) is 4.79 Å². The molecule has 1 aliphatic rings. The van der Waals surface area contributed by atoms with Gasteiger partial charge in [-0.05, 0) is 55.8 Å². The van der Waals surface area contributed by atoms with E-state index in [1.807, 2.05) is 30.3 Å². The Morgan fingerprint density at radius 3 is 2.44 bits per heavy atom. The maximum absolute atomic E-state index is 12.6. The van der Waals surface area contributed by atoms with Crippen molar-refractivity contribution in [2.75, 3.05) is 18.4 Å². The minimum absolute atomic E-state index is 0.0391. The Kier molecular flexibility index (Phi) is 6.24. The molecule has 0 spiro atoms. The van der Waals surface area contributed by atoms with E-state index in [0.717, 1.165) is 30.6 Å². The molecule has 2 aromatic carbocycles. The van der Waals surface area contributed by atoms with Crippen LogP contribution in [0, 0.1) is 5.92 Å². The number of hydrogen-bond acceptors (Lipinski definition) is 2. The lowest BCUT2D eigenvalue weighted by molar-refractivity contribution is -0.121. The number of anilines is 1. The molecule has 0 saturated carbocycles. The van der Waals surface area contributed by atoms with Crippen molar-refractivity contribution in [3.8, 4) is 0 Å². The number of carbonyl (C=O) groups excluding carboxylic acids is 1. The predicted octanol–water partition coefficient (Wildman–Crippen LogP) is 5.50. The van der Waals surface area contributed by atoms with Crippen molar-refractivity contribution in [1.82, 2.24) is 4.90 Å². The summed E-state index contributed by atoms with van der Waals surface area (Å²) in [6.45, 7) is 2.29. The molecule has 1 saturated heterocycles. The summed E-state index contributed by atoms with van der Waals surface area (Å²) >= 11 is 18.4. The molecular formula is C19H19Cl3N2O. The highest BCUT2D eigenvalue weighted by Crippen LogP contribution is 2.28. The Bertz CT molecular complexity index is 729. The molecule has 0 unspecified atom stereocenters. The lowest BCUT2D eigenvalue weighted by Crippen LogP contribution is -2.40. The number of likely N-dealkylation sites (tertiary alicyclic amines) is 1. The summed E-state index contributed by atoms with van der Waals surface area (Å²) in [5.74, 6) is -0.0111. The maximum atomic E-state index is 12.6. The van der Waals surface area contributed by atoms with E-state index in [-0.39, 0.29) is 11.8 Å². The number of carbonyl (C=O) groups is 1. The van der Waals surface area contributed by atoms with Gasteiger partial charge in [0.25, 0.3) is 0 Å². The summed E-state index contributed by atoms with van der Waals surface area (Å²) in [4.78, 5) is 14.8. The van der Waals surface area contributed by atoms with E-state index in [2.05, 4.69) is 10.2 Å². The van der Waals surface area contributed by atoms with Crippen LogP contribution in [0.1, 0.15) is 18.4 Å². The largest absolute Gasteiger partial charge is 0.326 e. The van der Waals surface area contributed by atoms with Gasteiger partial charge in [-0.2, -0.15) is 0 Å². The molecule has 0 aliphatic carbocycles. The molecule has 0 radical (unpaired) electrons. The first-order valence-electron chi connectivity index (χ1n) is 8.24. The number of piperidine rings is 1. The van der Waals surface area contributed by atoms with Gasteiger partial charge in [0.2, 0.25) is 5.91 Å². The Morgan fingerprint density at radius 2 is 1.76 bits per heavy atom. The van der Waals surface area contributed by atoms with Crippen LogP contribution in [0.3, 0.4) is 0 Å². The fourth-order valence-electron chi connectivity index (χ4n) is 3.10. The second-order valence-electron chi connectivity index (χ2n) is 6.27. The summed E-state index contributed by atoms with van der Waals surface area (Å²) in [6, 6.07) is 12.7. The van der Waals surface area contributed by atoms with E-state index in [0.29, 0.717) is 28.2 Å². The third-order valence-corrected chi connectivity index (χ3v) is 5.39. The Hall–Kier alpha value is -1.26. The van der Waals surface area contributed by atoms with Gasteiger partial charge in [-0.15, -0.1) is 0 Å². The van der Waals surface area contributed by atoms with Crippen LogP contribution in [-0.4, -0.2) is 23.9 Å². The number of rotatable bonds is 4.